The van der Waals surface area contributed by atoms with Gasteiger partial charge in [-0.3, -0.25) is 4.79 Å². The summed E-state index contributed by atoms with van der Waals surface area (Å²) in [6.07, 6.45) is 3.75. The van der Waals surface area contributed by atoms with Crippen LogP contribution >= 0.6 is 0 Å². The molecule has 1 aliphatic carbocycles. The van der Waals surface area contributed by atoms with E-state index in [1.165, 1.54) is 5.56 Å². The maximum Gasteiger partial charge on any atom is 0.240 e. The summed E-state index contributed by atoms with van der Waals surface area (Å²) in [7, 11) is 2.07. The third kappa shape index (κ3) is 4.55. The first-order chi connectivity index (χ1) is 9.99. The van der Waals surface area contributed by atoms with Crippen LogP contribution in [-0.4, -0.2) is 36.0 Å². The molecule has 0 radical (unpaired) electrons. The maximum absolute atomic E-state index is 12.3. The monoisotopic (exact) mass is 289 g/mol. The van der Waals surface area contributed by atoms with Crippen molar-refractivity contribution in [2.75, 3.05) is 13.6 Å². The number of nitrogens with zero attached hydrogens (tertiary/aromatic N) is 1. The quantitative estimate of drug-likeness (QED) is 0.841. The summed E-state index contributed by atoms with van der Waals surface area (Å²) in [6, 6.07) is 10.5. The van der Waals surface area contributed by atoms with Crippen LogP contribution in [0.2, 0.25) is 0 Å². The molecule has 1 atom stereocenters. The van der Waals surface area contributed by atoms with E-state index >= 15 is 0 Å². The number of likely N-dealkylation sites (N-methyl/N-ethyl adjacent to an activating group) is 1. The third-order valence-corrected chi connectivity index (χ3v) is 4.21. The van der Waals surface area contributed by atoms with Gasteiger partial charge < -0.3 is 16.0 Å². The highest BCUT2D eigenvalue weighted by atomic mass is 16.2. The van der Waals surface area contributed by atoms with Gasteiger partial charge in [-0.2, -0.15) is 0 Å². The van der Waals surface area contributed by atoms with Crippen LogP contribution in [0.5, 0.6) is 0 Å². The van der Waals surface area contributed by atoms with Gasteiger partial charge in [0.25, 0.3) is 0 Å². The van der Waals surface area contributed by atoms with Crippen LogP contribution < -0.4 is 11.1 Å². The number of hydrogen-bond acceptors (Lipinski definition) is 3. The highest BCUT2D eigenvalue weighted by Crippen LogP contribution is 2.27. The van der Waals surface area contributed by atoms with Gasteiger partial charge in [-0.25, -0.2) is 0 Å². The van der Waals surface area contributed by atoms with Gasteiger partial charge in [-0.15, -0.1) is 0 Å². The Morgan fingerprint density at radius 2 is 1.95 bits per heavy atom. The predicted octanol–water partition coefficient (Wildman–Crippen LogP) is 1.89. The lowest BCUT2D eigenvalue weighted by molar-refractivity contribution is -0.126. The SMILES string of the molecule is CC(CN(C)Cc1ccccc1)NC(=O)C1(N)CCCC1. The largest absolute Gasteiger partial charge is 0.351 e. The minimum absolute atomic E-state index is 0.0145. The second-order valence-corrected chi connectivity index (χ2v) is 6.42. The van der Waals surface area contributed by atoms with Gasteiger partial charge in [0.05, 0.1) is 5.54 Å². The van der Waals surface area contributed by atoms with E-state index in [9.17, 15) is 4.79 Å². The van der Waals surface area contributed by atoms with Gasteiger partial charge >= 0.3 is 0 Å². The molecule has 1 fully saturated rings. The first-order valence-corrected chi connectivity index (χ1v) is 7.82. The lowest BCUT2D eigenvalue weighted by Gasteiger charge is -2.27. The number of benzene rings is 1. The summed E-state index contributed by atoms with van der Waals surface area (Å²) in [6.45, 7) is 3.74. The Morgan fingerprint density at radius 3 is 2.57 bits per heavy atom. The molecule has 0 bridgehead atoms. The van der Waals surface area contributed by atoms with Crippen molar-refractivity contribution in [2.45, 2.75) is 50.7 Å². The summed E-state index contributed by atoms with van der Waals surface area (Å²) >= 11 is 0. The molecule has 1 aromatic carbocycles. The van der Waals surface area contributed by atoms with Gasteiger partial charge in [0.1, 0.15) is 0 Å². The van der Waals surface area contributed by atoms with Crippen molar-refractivity contribution >= 4 is 5.91 Å². The molecule has 4 heteroatoms. The van der Waals surface area contributed by atoms with E-state index in [0.717, 1.165) is 38.8 Å². The summed E-state index contributed by atoms with van der Waals surface area (Å²) < 4.78 is 0. The summed E-state index contributed by atoms with van der Waals surface area (Å²) in [5.41, 5.74) is 6.83. The van der Waals surface area contributed by atoms with Crippen molar-refractivity contribution in [2.24, 2.45) is 5.73 Å². The molecule has 1 aromatic rings. The molecule has 1 unspecified atom stereocenters. The fourth-order valence-electron chi connectivity index (χ4n) is 3.07. The van der Waals surface area contributed by atoms with Crippen molar-refractivity contribution in [3.63, 3.8) is 0 Å². The Hall–Kier alpha value is -1.39. The first kappa shape index (κ1) is 16.0. The van der Waals surface area contributed by atoms with Crippen molar-refractivity contribution in [1.29, 1.82) is 0 Å². The first-order valence-electron chi connectivity index (χ1n) is 7.82. The lowest BCUT2D eigenvalue weighted by Crippen LogP contribution is -2.55. The third-order valence-electron chi connectivity index (χ3n) is 4.21. The average Bonchev–Trinajstić information content (AvgIpc) is 2.87. The second kappa shape index (κ2) is 7.05. The van der Waals surface area contributed by atoms with E-state index in [1.807, 2.05) is 25.1 Å². The van der Waals surface area contributed by atoms with Crippen LogP contribution in [0.15, 0.2) is 30.3 Å². The molecule has 21 heavy (non-hydrogen) atoms. The molecule has 0 heterocycles. The number of carbonyl (C=O) groups is 1. The average molecular weight is 289 g/mol. The second-order valence-electron chi connectivity index (χ2n) is 6.42. The van der Waals surface area contributed by atoms with Gasteiger partial charge in [0.2, 0.25) is 5.91 Å². The van der Waals surface area contributed by atoms with E-state index in [0.29, 0.717) is 0 Å². The highest BCUT2D eigenvalue weighted by molar-refractivity contribution is 5.86. The number of nitrogens with one attached hydrogen (secondary N) is 1. The molecule has 1 saturated carbocycles. The number of rotatable bonds is 6. The Bertz CT molecular complexity index is 454. The minimum Gasteiger partial charge on any atom is -0.351 e. The zero-order chi connectivity index (χ0) is 15.3. The Kier molecular flexibility index (Phi) is 5.37. The van der Waals surface area contributed by atoms with Crippen LogP contribution in [0, 0.1) is 0 Å². The number of nitrogens with two attached hydrogens (primary N) is 1. The molecule has 0 aromatic heterocycles. The topological polar surface area (TPSA) is 58.4 Å². The van der Waals surface area contributed by atoms with Crippen LogP contribution in [-0.2, 0) is 11.3 Å². The highest BCUT2D eigenvalue weighted by Gasteiger charge is 2.37. The predicted molar refractivity (Wildman–Crippen MR) is 85.8 cm³/mol. The molecule has 116 valence electrons. The molecular weight excluding hydrogens is 262 g/mol. The molecular formula is C17H27N3O. The van der Waals surface area contributed by atoms with Crippen molar-refractivity contribution in [1.82, 2.24) is 10.2 Å². The number of hydrogen-bond donors (Lipinski definition) is 2. The van der Waals surface area contributed by atoms with Crippen molar-refractivity contribution in [3.8, 4) is 0 Å². The molecule has 0 aliphatic heterocycles. The van der Waals surface area contributed by atoms with E-state index in [1.54, 1.807) is 0 Å². The van der Waals surface area contributed by atoms with Crippen molar-refractivity contribution in [3.05, 3.63) is 35.9 Å². The van der Waals surface area contributed by atoms with Gasteiger partial charge in [0, 0.05) is 19.1 Å². The summed E-state index contributed by atoms with van der Waals surface area (Å²) in [4.78, 5) is 14.5. The van der Waals surface area contributed by atoms with Crippen LogP contribution in [0.4, 0.5) is 0 Å². The standard InChI is InChI=1S/C17H27N3O/c1-14(19-16(21)17(18)10-6-7-11-17)12-20(2)13-15-8-4-3-5-9-15/h3-5,8-9,14H,6-7,10-13,18H2,1-2H3,(H,19,21). The molecule has 0 saturated heterocycles. The summed E-state index contributed by atoms with van der Waals surface area (Å²) in [5, 5.41) is 3.07. The van der Waals surface area contributed by atoms with Gasteiger partial charge in [-0.1, -0.05) is 43.2 Å². The molecule has 1 aliphatic rings. The molecule has 2 rings (SSSR count). The molecule has 1 amide bonds. The number of carbonyl (C=O) groups excluding carboxylic acids is 1. The van der Waals surface area contributed by atoms with E-state index in [2.05, 4.69) is 29.4 Å². The van der Waals surface area contributed by atoms with E-state index in [4.69, 9.17) is 5.73 Å². The van der Waals surface area contributed by atoms with E-state index < -0.39 is 5.54 Å². The Balaban J connectivity index is 1.78. The van der Waals surface area contributed by atoms with Crippen LogP contribution in [0.25, 0.3) is 0 Å². The maximum atomic E-state index is 12.3. The zero-order valence-electron chi connectivity index (χ0n) is 13.1. The van der Waals surface area contributed by atoms with E-state index in [-0.39, 0.29) is 11.9 Å². The van der Waals surface area contributed by atoms with Gasteiger partial charge in [0.15, 0.2) is 0 Å². The Labute approximate surface area is 127 Å². The van der Waals surface area contributed by atoms with Crippen LogP contribution in [0.1, 0.15) is 38.2 Å². The molecule has 4 nitrogen and oxygen atoms in total. The van der Waals surface area contributed by atoms with Gasteiger partial charge in [-0.05, 0) is 32.4 Å². The molecule has 3 N–H and O–H groups in total. The normalized spacial score (nSPS) is 18.7. The zero-order valence-corrected chi connectivity index (χ0v) is 13.1. The van der Waals surface area contributed by atoms with Crippen molar-refractivity contribution < 1.29 is 4.79 Å². The minimum atomic E-state index is -0.633. The summed E-state index contributed by atoms with van der Waals surface area (Å²) in [5.74, 6) is 0.0145. The number of amides is 1. The fourth-order valence-corrected chi connectivity index (χ4v) is 3.07. The Morgan fingerprint density at radius 1 is 1.33 bits per heavy atom. The van der Waals surface area contributed by atoms with Crippen LogP contribution in [0.3, 0.4) is 0 Å². The molecule has 0 spiro atoms. The fraction of sp³-hybridized carbons (Fsp3) is 0.588. The smallest absolute Gasteiger partial charge is 0.240 e. The lowest BCUT2D eigenvalue weighted by atomic mass is 9.98.